The van der Waals surface area contributed by atoms with Crippen LogP contribution in [0.15, 0.2) is 42.6 Å². The van der Waals surface area contributed by atoms with Crippen LogP contribution in [0.5, 0.6) is 0 Å². The van der Waals surface area contributed by atoms with Crippen molar-refractivity contribution in [1.29, 1.82) is 0 Å². The molecule has 6 heteroatoms. The molecule has 2 amide bonds. The first-order valence-electron chi connectivity index (χ1n) is 9.91. The molecule has 1 aromatic heterocycles. The number of carbonyl (C=O) groups excluding carboxylic acids is 2. The van der Waals surface area contributed by atoms with Crippen LogP contribution in [0.1, 0.15) is 64.9 Å². The van der Waals surface area contributed by atoms with Crippen molar-refractivity contribution in [1.82, 2.24) is 15.6 Å². The van der Waals surface area contributed by atoms with Gasteiger partial charge in [-0.2, -0.15) is 0 Å². The van der Waals surface area contributed by atoms with Crippen molar-refractivity contribution in [3.8, 4) is 0 Å². The maximum absolute atomic E-state index is 12.5. The van der Waals surface area contributed by atoms with E-state index in [-0.39, 0.29) is 23.6 Å². The Morgan fingerprint density at radius 2 is 1.71 bits per heavy atom. The third-order valence-electron chi connectivity index (χ3n) is 5.06. The van der Waals surface area contributed by atoms with Gasteiger partial charge >= 0.3 is 0 Å². The van der Waals surface area contributed by atoms with Gasteiger partial charge in [0, 0.05) is 29.4 Å². The van der Waals surface area contributed by atoms with Gasteiger partial charge in [-0.1, -0.05) is 49.4 Å². The second-order valence-corrected chi connectivity index (χ2v) is 7.66. The molecule has 0 radical (unpaired) electrons. The quantitative estimate of drug-likeness (QED) is 0.716. The molecule has 1 aliphatic rings. The summed E-state index contributed by atoms with van der Waals surface area (Å²) < 4.78 is 0. The normalized spacial score (nSPS) is 14.9. The predicted molar refractivity (Wildman–Crippen MR) is 111 cm³/mol. The van der Waals surface area contributed by atoms with Crippen molar-refractivity contribution < 1.29 is 9.59 Å². The van der Waals surface area contributed by atoms with Gasteiger partial charge in [-0.05, 0) is 49.1 Å². The highest BCUT2D eigenvalue weighted by Gasteiger charge is 2.17. The fourth-order valence-corrected chi connectivity index (χ4v) is 3.58. The predicted octanol–water partition coefficient (Wildman–Crippen LogP) is 4.16. The van der Waals surface area contributed by atoms with Crippen molar-refractivity contribution in [2.45, 2.75) is 51.0 Å². The van der Waals surface area contributed by atoms with E-state index in [0.29, 0.717) is 23.6 Å². The third-order valence-corrected chi connectivity index (χ3v) is 5.31. The van der Waals surface area contributed by atoms with E-state index in [4.69, 9.17) is 11.6 Å². The largest absolute Gasteiger partial charge is 0.350 e. The molecule has 148 valence electrons. The molecule has 1 aliphatic carbocycles. The molecule has 1 heterocycles. The summed E-state index contributed by atoms with van der Waals surface area (Å²) in [6.07, 6.45) is 9.04. The number of pyridine rings is 1. The Morgan fingerprint density at radius 3 is 2.43 bits per heavy atom. The first-order chi connectivity index (χ1) is 13.6. The molecule has 1 saturated carbocycles. The fraction of sp³-hybridized carbons (Fsp3) is 0.409. The summed E-state index contributed by atoms with van der Waals surface area (Å²) in [5, 5.41) is 6.64. The summed E-state index contributed by atoms with van der Waals surface area (Å²) >= 11 is 5.88. The molecule has 0 atom stereocenters. The lowest BCUT2D eigenvalue weighted by Crippen LogP contribution is -2.34. The molecule has 2 aromatic rings. The van der Waals surface area contributed by atoms with Crippen molar-refractivity contribution in [3.63, 3.8) is 0 Å². The van der Waals surface area contributed by atoms with Crippen LogP contribution in [-0.4, -0.2) is 29.4 Å². The lowest BCUT2D eigenvalue weighted by atomic mass is 10.1. The van der Waals surface area contributed by atoms with Gasteiger partial charge in [0.15, 0.2) is 0 Å². The zero-order valence-corrected chi connectivity index (χ0v) is 16.7. The van der Waals surface area contributed by atoms with E-state index in [0.717, 1.165) is 31.2 Å². The number of aromatic nitrogens is 1. The molecule has 0 spiro atoms. The van der Waals surface area contributed by atoms with Crippen LogP contribution >= 0.6 is 11.6 Å². The number of rotatable bonds is 6. The van der Waals surface area contributed by atoms with Gasteiger partial charge in [0.1, 0.15) is 5.69 Å². The highest BCUT2D eigenvalue weighted by Crippen LogP contribution is 2.17. The van der Waals surface area contributed by atoms with Gasteiger partial charge in [-0.25, -0.2) is 0 Å². The molecule has 28 heavy (non-hydrogen) atoms. The van der Waals surface area contributed by atoms with Gasteiger partial charge < -0.3 is 10.6 Å². The second-order valence-electron chi connectivity index (χ2n) is 7.22. The van der Waals surface area contributed by atoms with E-state index >= 15 is 0 Å². The first kappa shape index (κ1) is 20.3. The SMILES string of the molecule is O=C(NC1CCCCCC1)c1ccnc(C(=O)NCCc2ccc(Cl)cc2)c1. The highest BCUT2D eigenvalue weighted by atomic mass is 35.5. The van der Waals surface area contributed by atoms with E-state index in [1.165, 1.54) is 19.0 Å². The number of hydrogen-bond donors (Lipinski definition) is 2. The van der Waals surface area contributed by atoms with Crippen molar-refractivity contribution in [2.75, 3.05) is 6.54 Å². The van der Waals surface area contributed by atoms with Gasteiger partial charge in [-0.3, -0.25) is 14.6 Å². The fourth-order valence-electron chi connectivity index (χ4n) is 3.45. The van der Waals surface area contributed by atoms with E-state index in [2.05, 4.69) is 15.6 Å². The summed E-state index contributed by atoms with van der Waals surface area (Å²) in [4.78, 5) is 29.0. The summed E-state index contributed by atoms with van der Waals surface area (Å²) in [6, 6.07) is 11.0. The summed E-state index contributed by atoms with van der Waals surface area (Å²) in [6.45, 7) is 0.487. The number of amides is 2. The van der Waals surface area contributed by atoms with Crippen LogP contribution < -0.4 is 10.6 Å². The summed E-state index contributed by atoms with van der Waals surface area (Å²) in [5.74, 6) is -0.414. The van der Waals surface area contributed by atoms with E-state index in [1.807, 2.05) is 24.3 Å². The second kappa shape index (κ2) is 10.2. The summed E-state index contributed by atoms with van der Waals surface area (Å²) in [7, 11) is 0. The number of halogens is 1. The number of nitrogens with zero attached hydrogens (tertiary/aromatic N) is 1. The van der Waals surface area contributed by atoms with Crippen LogP contribution in [-0.2, 0) is 6.42 Å². The van der Waals surface area contributed by atoms with Gasteiger partial charge in [0.05, 0.1) is 0 Å². The lowest BCUT2D eigenvalue weighted by molar-refractivity contribution is 0.0933. The Hall–Kier alpha value is -2.40. The minimum atomic E-state index is -0.280. The molecule has 3 rings (SSSR count). The Balaban J connectivity index is 1.53. The minimum Gasteiger partial charge on any atom is -0.350 e. The number of benzene rings is 1. The van der Waals surface area contributed by atoms with Crippen LogP contribution in [0, 0.1) is 0 Å². The molecular weight excluding hydrogens is 374 g/mol. The van der Waals surface area contributed by atoms with Gasteiger partial charge in [0.2, 0.25) is 0 Å². The molecule has 1 fully saturated rings. The Bertz CT molecular complexity index is 800. The molecule has 0 saturated heterocycles. The molecule has 5 nitrogen and oxygen atoms in total. The van der Waals surface area contributed by atoms with Gasteiger partial charge in [-0.15, -0.1) is 0 Å². The molecule has 0 unspecified atom stereocenters. The zero-order valence-electron chi connectivity index (χ0n) is 15.9. The maximum Gasteiger partial charge on any atom is 0.269 e. The number of carbonyl (C=O) groups is 2. The lowest BCUT2D eigenvalue weighted by Gasteiger charge is -2.16. The zero-order chi connectivity index (χ0) is 19.8. The third kappa shape index (κ3) is 6.06. The average Bonchev–Trinajstić information content (AvgIpc) is 2.98. The molecular formula is C22H26ClN3O2. The molecule has 1 aromatic carbocycles. The van der Waals surface area contributed by atoms with Crippen LogP contribution in [0.4, 0.5) is 0 Å². The van der Waals surface area contributed by atoms with Crippen molar-refractivity contribution in [2.24, 2.45) is 0 Å². The number of nitrogens with one attached hydrogen (secondary N) is 2. The summed E-state index contributed by atoms with van der Waals surface area (Å²) in [5.41, 5.74) is 1.82. The van der Waals surface area contributed by atoms with Crippen LogP contribution in [0.3, 0.4) is 0 Å². The smallest absolute Gasteiger partial charge is 0.269 e. The molecule has 2 N–H and O–H groups in total. The van der Waals surface area contributed by atoms with Crippen LogP contribution in [0.2, 0.25) is 5.02 Å². The minimum absolute atomic E-state index is 0.135. The molecule has 0 bridgehead atoms. The van der Waals surface area contributed by atoms with Gasteiger partial charge in [0.25, 0.3) is 11.8 Å². The van der Waals surface area contributed by atoms with Crippen molar-refractivity contribution in [3.05, 3.63) is 64.4 Å². The standard InChI is InChI=1S/C22H26ClN3O2/c23-18-9-7-16(8-10-18)11-13-25-22(28)20-15-17(12-14-24-20)21(27)26-19-5-3-1-2-4-6-19/h7-10,12,14-15,19H,1-6,11,13H2,(H,25,28)(H,26,27). The molecule has 0 aliphatic heterocycles. The van der Waals surface area contributed by atoms with E-state index in [9.17, 15) is 9.59 Å². The van der Waals surface area contributed by atoms with E-state index in [1.54, 1.807) is 12.1 Å². The number of hydrogen-bond acceptors (Lipinski definition) is 3. The first-order valence-corrected chi connectivity index (χ1v) is 10.3. The van der Waals surface area contributed by atoms with Crippen LogP contribution in [0.25, 0.3) is 0 Å². The Labute approximate surface area is 170 Å². The maximum atomic E-state index is 12.5. The topological polar surface area (TPSA) is 71.1 Å². The van der Waals surface area contributed by atoms with Crippen molar-refractivity contribution >= 4 is 23.4 Å². The Kier molecular flexibility index (Phi) is 7.43. The Morgan fingerprint density at radius 1 is 1.00 bits per heavy atom. The highest BCUT2D eigenvalue weighted by molar-refractivity contribution is 6.30. The van der Waals surface area contributed by atoms with E-state index < -0.39 is 0 Å². The average molecular weight is 400 g/mol. The monoisotopic (exact) mass is 399 g/mol.